The van der Waals surface area contributed by atoms with E-state index in [-0.39, 0.29) is 37.5 Å². The number of sulfonamides is 1. The van der Waals surface area contributed by atoms with Crippen molar-refractivity contribution in [2.24, 2.45) is 0 Å². The second kappa shape index (κ2) is 11.7. The first-order valence-electron chi connectivity index (χ1n) is 9.63. The van der Waals surface area contributed by atoms with Crippen LogP contribution in [-0.2, 0) is 21.3 Å². The Hall–Kier alpha value is -1.06. The number of ether oxygens (including phenoxy) is 2. The van der Waals surface area contributed by atoms with Crippen molar-refractivity contribution in [2.45, 2.75) is 18.6 Å². The molecular weight excluding hydrogens is 483 g/mol. The molecule has 2 aromatic rings. The fourth-order valence-corrected chi connectivity index (χ4v) is 4.60. The molecule has 6 nitrogen and oxygen atoms in total. The van der Waals surface area contributed by atoms with Gasteiger partial charge in [0, 0.05) is 32.1 Å². The third-order valence-electron chi connectivity index (χ3n) is 5.17. The molecule has 0 bridgehead atoms. The van der Waals surface area contributed by atoms with E-state index in [9.17, 15) is 8.42 Å². The zero-order valence-corrected chi connectivity index (χ0v) is 20.5. The number of benzene rings is 2. The third kappa shape index (κ3) is 7.22. The fraction of sp³-hybridized carbons (Fsp3) is 0.429. The van der Waals surface area contributed by atoms with Crippen LogP contribution in [0.15, 0.2) is 42.5 Å². The van der Waals surface area contributed by atoms with Gasteiger partial charge in [0.15, 0.2) is 0 Å². The molecule has 1 saturated heterocycles. The van der Waals surface area contributed by atoms with Crippen LogP contribution in [0, 0.1) is 0 Å². The molecule has 1 fully saturated rings. The first-order valence-corrected chi connectivity index (χ1v) is 12.2. The van der Waals surface area contributed by atoms with E-state index in [4.69, 9.17) is 32.7 Å². The van der Waals surface area contributed by atoms with Gasteiger partial charge in [-0.25, -0.2) is 8.42 Å². The largest absolute Gasteiger partial charge is 0.497 e. The minimum absolute atomic E-state index is 0. The number of halogens is 3. The lowest BCUT2D eigenvalue weighted by Gasteiger charge is -2.30. The van der Waals surface area contributed by atoms with E-state index in [1.807, 2.05) is 36.4 Å². The second-order valence-electron chi connectivity index (χ2n) is 7.30. The molecule has 0 aromatic heterocycles. The first kappa shape index (κ1) is 26.2. The van der Waals surface area contributed by atoms with E-state index in [0.717, 1.165) is 16.9 Å². The van der Waals surface area contributed by atoms with Crippen molar-refractivity contribution >= 4 is 45.6 Å². The summed E-state index contributed by atoms with van der Waals surface area (Å²) >= 11 is 12.3. The third-order valence-corrected chi connectivity index (χ3v) is 7.12. The van der Waals surface area contributed by atoms with Crippen molar-refractivity contribution in [2.75, 3.05) is 39.6 Å². The molecule has 2 unspecified atom stereocenters. The summed E-state index contributed by atoms with van der Waals surface area (Å²) in [5.74, 6) is 0.657. The lowest BCUT2D eigenvalue weighted by molar-refractivity contribution is 0.0383. The maximum atomic E-state index is 12.6. The van der Waals surface area contributed by atoms with Gasteiger partial charge < -0.3 is 14.8 Å². The highest BCUT2D eigenvalue weighted by molar-refractivity contribution is 7.88. The standard InChI is InChI=1S/C21H26Cl2N2O4S.ClH/c1-28-17-6-3-15(4-7-17)13-25(30(2,26)27)14-21-18(12-24-9-10-29-21)16-5-8-19(22)20(23)11-16;/h3-8,11,18,21,24H,9-10,12-14H2,1-2H3;1H. The molecule has 10 heteroatoms. The number of nitrogens with zero attached hydrogens (tertiary/aromatic N) is 1. The molecule has 1 aliphatic heterocycles. The topological polar surface area (TPSA) is 67.9 Å². The molecular formula is C21H27Cl3N2O4S. The van der Waals surface area contributed by atoms with Gasteiger partial charge in [-0.2, -0.15) is 4.31 Å². The average molecular weight is 510 g/mol. The Bertz CT molecular complexity index is 958. The van der Waals surface area contributed by atoms with Gasteiger partial charge in [0.1, 0.15) is 5.75 Å². The van der Waals surface area contributed by atoms with Gasteiger partial charge in [-0.05, 0) is 35.4 Å². The number of hydrogen-bond donors (Lipinski definition) is 1. The van der Waals surface area contributed by atoms with Crippen molar-refractivity contribution < 1.29 is 17.9 Å². The highest BCUT2D eigenvalue weighted by atomic mass is 35.5. The molecule has 1 N–H and O–H groups in total. The molecule has 0 amide bonds. The summed E-state index contributed by atoms with van der Waals surface area (Å²) in [7, 11) is -1.86. The van der Waals surface area contributed by atoms with Gasteiger partial charge in [-0.15, -0.1) is 12.4 Å². The van der Waals surface area contributed by atoms with Crippen LogP contribution in [0.2, 0.25) is 10.0 Å². The van der Waals surface area contributed by atoms with E-state index in [0.29, 0.717) is 29.7 Å². The van der Waals surface area contributed by atoms with Gasteiger partial charge in [-0.3, -0.25) is 0 Å². The van der Waals surface area contributed by atoms with Gasteiger partial charge in [0.05, 0.1) is 36.1 Å². The minimum Gasteiger partial charge on any atom is -0.497 e. The minimum atomic E-state index is -3.46. The summed E-state index contributed by atoms with van der Waals surface area (Å²) in [5.41, 5.74) is 1.83. The van der Waals surface area contributed by atoms with Crippen molar-refractivity contribution in [3.05, 3.63) is 63.6 Å². The Morgan fingerprint density at radius 2 is 1.87 bits per heavy atom. The van der Waals surface area contributed by atoms with Crippen LogP contribution in [-0.4, -0.2) is 58.4 Å². The predicted molar refractivity (Wildman–Crippen MR) is 127 cm³/mol. The summed E-state index contributed by atoms with van der Waals surface area (Å²) < 4.78 is 37.8. The van der Waals surface area contributed by atoms with Crippen LogP contribution in [0.3, 0.4) is 0 Å². The predicted octanol–water partition coefficient (Wildman–Crippen LogP) is 3.96. The van der Waals surface area contributed by atoms with E-state index >= 15 is 0 Å². The summed E-state index contributed by atoms with van der Waals surface area (Å²) in [5, 5.41) is 4.30. The maximum absolute atomic E-state index is 12.6. The van der Waals surface area contributed by atoms with E-state index in [1.165, 1.54) is 10.6 Å². The van der Waals surface area contributed by atoms with Crippen molar-refractivity contribution in [1.29, 1.82) is 0 Å². The Morgan fingerprint density at radius 1 is 1.16 bits per heavy atom. The Balaban J connectivity index is 0.00000341. The molecule has 1 aliphatic rings. The van der Waals surface area contributed by atoms with Gasteiger partial charge in [0.2, 0.25) is 10.0 Å². The highest BCUT2D eigenvalue weighted by Crippen LogP contribution is 2.30. The first-order chi connectivity index (χ1) is 14.3. The maximum Gasteiger partial charge on any atom is 0.211 e. The van der Waals surface area contributed by atoms with Gasteiger partial charge in [0.25, 0.3) is 0 Å². The van der Waals surface area contributed by atoms with Crippen LogP contribution in [0.1, 0.15) is 17.0 Å². The zero-order valence-electron chi connectivity index (χ0n) is 17.4. The molecule has 0 spiro atoms. The Kier molecular flexibility index (Phi) is 9.89. The summed E-state index contributed by atoms with van der Waals surface area (Å²) in [6, 6.07) is 12.9. The van der Waals surface area contributed by atoms with E-state index in [1.54, 1.807) is 13.2 Å². The molecule has 1 heterocycles. The second-order valence-corrected chi connectivity index (χ2v) is 10.1. The monoisotopic (exact) mass is 508 g/mol. The lowest BCUT2D eigenvalue weighted by Crippen LogP contribution is -2.41. The molecule has 0 saturated carbocycles. The summed E-state index contributed by atoms with van der Waals surface area (Å²) in [6.45, 7) is 2.35. The zero-order chi connectivity index (χ0) is 21.7. The molecule has 0 radical (unpaired) electrons. The molecule has 2 atom stereocenters. The van der Waals surface area contributed by atoms with Crippen LogP contribution in [0.25, 0.3) is 0 Å². The number of nitrogens with one attached hydrogen (secondary N) is 1. The molecule has 3 rings (SSSR count). The number of methoxy groups -OCH3 is 1. The van der Waals surface area contributed by atoms with Gasteiger partial charge in [-0.1, -0.05) is 41.4 Å². The Labute approximate surface area is 200 Å². The van der Waals surface area contributed by atoms with Crippen LogP contribution in [0.4, 0.5) is 0 Å². The average Bonchev–Trinajstić information content (AvgIpc) is 2.95. The summed E-state index contributed by atoms with van der Waals surface area (Å²) in [4.78, 5) is 0. The number of hydrogen-bond acceptors (Lipinski definition) is 5. The number of rotatable bonds is 7. The van der Waals surface area contributed by atoms with Gasteiger partial charge >= 0.3 is 0 Å². The van der Waals surface area contributed by atoms with Crippen LogP contribution < -0.4 is 10.1 Å². The molecule has 0 aliphatic carbocycles. The highest BCUT2D eigenvalue weighted by Gasteiger charge is 2.31. The molecule has 2 aromatic carbocycles. The normalized spacial score (nSPS) is 19.5. The Morgan fingerprint density at radius 3 is 2.48 bits per heavy atom. The summed E-state index contributed by atoms with van der Waals surface area (Å²) in [6.07, 6.45) is 0.893. The lowest BCUT2D eigenvalue weighted by atomic mass is 9.93. The van der Waals surface area contributed by atoms with E-state index in [2.05, 4.69) is 5.32 Å². The van der Waals surface area contributed by atoms with Crippen LogP contribution in [0.5, 0.6) is 5.75 Å². The molecule has 172 valence electrons. The van der Waals surface area contributed by atoms with Crippen LogP contribution >= 0.6 is 35.6 Å². The quantitative estimate of drug-likeness (QED) is 0.612. The SMILES string of the molecule is COc1ccc(CN(CC2OCCNCC2c2ccc(Cl)c(Cl)c2)S(C)(=O)=O)cc1.Cl. The van der Waals surface area contributed by atoms with Crippen molar-refractivity contribution in [3.63, 3.8) is 0 Å². The molecule has 31 heavy (non-hydrogen) atoms. The van der Waals surface area contributed by atoms with Crippen molar-refractivity contribution in [3.8, 4) is 5.75 Å². The van der Waals surface area contributed by atoms with E-state index < -0.39 is 10.0 Å². The van der Waals surface area contributed by atoms with Crippen molar-refractivity contribution in [1.82, 2.24) is 9.62 Å². The smallest absolute Gasteiger partial charge is 0.211 e. The fourth-order valence-electron chi connectivity index (χ4n) is 3.50.